The molecule has 0 atom stereocenters. The maximum absolute atomic E-state index is 12.2. The molecule has 0 bridgehead atoms. The second kappa shape index (κ2) is 4.80. The predicted molar refractivity (Wildman–Crippen MR) is 78.0 cm³/mol. The Bertz CT molecular complexity index is 672. The van der Waals surface area contributed by atoms with E-state index in [4.69, 9.17) is 0 Å². The number of hydrogen-bond acceptors (Lipinski definition) is 4. The van der Waals surface area contributed by atoms with Gasteiger partial charge in [-0.25, -0.2) is 4.79 Å². The first kappa shape index (κ1) is 12.4. The van der Waals surface area contributed by atoms with Crippen molar-refractivity contribution in [3.05, 3.63) is 36.0 Å². The lowest BCUT2D eigenvalue weighted by atomic mass is 10.1. The minimum Gasteiger partial charge on any atom is -0.343 e. The summed E-state index contributed by atoms with van der Waals surface area (Å²) < 4.78 is 1.42. The zero-order chi connectivity index (χ0) is 14.1. The fourth-order valence-electron chi connectivity index (χ4n) is 2.14. The average molecular weight is 269 g/mol. The van der Waals surface area contributed by atoms with Crippen LogP contribution in [0.4, 0.5) is 10.5 Å². The van der Waals surface area contributed by atoms with E-state index in [1.807, 2.05) is 30.3 Å². The maximum Gasteiger partial charge on any atom is 0.344 e. The van der Waals surface area contributed by atoms with Gasteiger partial charge in [0.2, 0.25) is 0 Å². The van der Waals surface area contributed by atoms with Gasteiger partial charge in [-0.05, 0) is 0 Å². The molecule has 6 heteroatoms. The van der Waals surface area contributed by atoms with Gasteiger partial charge in [-0.3, -0.25) is 4.99 Å². The number of rotatable bonds is 1. The summed E-state index contributed by atoms with van der Waals surface area (Å²) in [7, 11) is 3.41. The Morgan fingerprint density at radius 2 is 2.05 bits per heavy atom. The van der Waals surface area contributed by atoms with Crippen LogP contribution in [0.15, 0.2) is 35.3 Å². The van der Waals surface area contributed by atoms with Crippen LogP contribution in [-0.4, -0.2) is 41.1 Å². The number of benzene rings is 1. The van der Waals surface area contributed by atoms with E-state index < -0.39 is 0 Å². The van der Waals surface area contributed by atoms with Crippen LogP contribution in [0.2, 0.25) is 0 Å². The molecule has 20 heavy (non-hydrogen) atoms. The third-order valence-electron chi connectivity index (χ3n) is 3.13. The van der Waals surface area contributed by atoms with Gasteiger partial charge in [0.05, 0.1) is 24.3 Å². The Morgan fingerprint density at radius 3 is 2.75 bits per heavy atom. The number of anilines is 1. The quantitative estimate of drug-likeness (QED) is 0.861. The minimum absolute atomic E-state index is 0.178. The second-order valence-electron chi connectivity index (χ2n) is 4.74. The van der Waals surface area contributed by atoms with Crippen LogP contribution in [0.3, 0.4) is 0 Å². The molecule has 0 saturated heterocycles. The highest BCUT2D eigenvalue weighted by Gasteiger charge is 2.24. The molecule has 0 spiro atoms. The summed E-state index contributed by atoms with van der Waals surface area (Å²) in [6.45, 7) is 0.446. The number of nitrogens with one attached hydrogen (secondary N) is 1. The van der Waals surface area contributed by atoms with Crippen LogP contribution in [0, 0.1) is 0 Å². The molecule has 0 saturated carbocycles. The van der Waals surface area contributed by atoms with Gasteiger partial charge in [-0.15, -0.1) is 0 Å². The standard InChI is InChI=1S/C14H15N5O/c1-18(2)14(20)19-11-8-15-9-16-13(11)12(17-19)10-6-4-3-5-7-10/h3-7,9H,8H2,1-2H3,(H,15,16). The van der Waals surface area contributed by atoms with Crippen LogP contribution in [0.1, 0.15) is 5.69 Å². The van der Waals surface area contributed by atoms with Crippen molar-refractivity contribution in [1.82, 2.24) is 14.7 Å². The van der Waals surface area contributed by atoms with E-state index in [0.29, 0.717) is 6.54 Å². The molecular formula is C14H15N5O. The van der Waals surface area contributed by atoms with Gasteiger partial charge in [0, 0.05) is 19.7 Å². The first-order chi connectivity index (χ1) is 9.68. The van der Waals surface area contributed by atoms with Gasteiger partial charge in [0.25, 0.3) is 0 Å². The highest BCUT2D eigenvalue weighted by atomic mass is 16.2. The lowest BCUT2D eigenvalue weighted by Crippen LogP contribution is -2.29. The van der Waals surface area contributed by atoms with Crippen molar-refractivity contribution >= 4 is 18.1 Å². The molecule has 102 valence electrons. The van der Waals surface area contributed by atoms with Gasteiger partial charge in [-0.1, -0.05) is 30.3 Å². The summed E-state index contributed by atoms with van der Waals surface area (Å²) in [5, 5.41) is 7.56. The molecule has 6 nitrogen and oxygen atoms in total. The van der Waals surface area contributed by atoms with Crippen LogP contribution in [0.25, 0.3) is 11.3 Å². The molecule has 0 fully saturated rings. The van der Waals surface area contributed by atoms with E-state index in [2.05, 4.69) is 15.4 Å². The topological polar surface area (TPSA) is 62.5 Å². The van der Waals surface area contributed by atoms with Crippen molar-refractivity contribution in [2.75, 3.05) is 19.4 Å². The molecule has 1 amide bonds. The van der Waals surface area contributed by atoms with Crippen LogP contribution in [0.5, 0.6) is 0 Å². The number of carbonyl (C=O) groups excluding carboxylic acids is 1. The average Bonchev–Trinajstić information content (AvgIpc) is 2.87. The van der Waals surface area contributed by atoms with Gasteiger partial charge in [-0.2, -0.15) is 9.78 Å². The summed E-state index contributed by atoms with van der Waals surface area (Å²) in [6.07, 6.45) is 1.64. The predicted octanol–water partition coefficient (Wildman–Crippen LogP) is 2.03. The first-order valence-electron chi connectivity index (χ1n) is 6.32. The Balaban J connectivity index is 2.16. The SMILES string of the molecule is CN(C)C(=O)n1nc(-c2ccccc2)c2c1CN=CN2. The molecule has 0 aliphatic carbocycles. The molecule has 1 N–H and O–H groups in total. The van der Waals surface area contributed by atoms with Gasteiger partial charge >= 0.3 is 6.03 Å². The molecule has 1 aromatic carbocycles. The lowest BCUT2D eigenvalue weighted by molar-refractivity contribution is 0.215. The monoisotopic (exact) mass is 269 g/mol. The molecule has 3 rings (SSSR count). The van der Waals surface area contributed by atoms with Crippen molar-refractivity contribution in [2.24, 2.45) is 4.99 Å². The van der Waals surface area contributed by atoms with Crippen LogP contribution >= 0.6 is 0 Å². The number of hydrogen-bond donors (Lipinski definition) is 1. The smallest absolute Gasteiger partial charge is 0.343 e. The Hall–Kier alpha value is -2.63. The summed E-state index contributed by atoms with van der Waals surface area (Å²) in [5.41, 5.74) is 3.37. The van der Waals surface area contributed by atoms with E-state index in [9.17, 15) is 4.79 Å². The number of aliphatic imine (C=N–C) groups is 1. The number of fused-ring (bicyclic) bond motifs is 1. The molecule has 0 unspecified atom stereocenters. The summed E-state index contributed by atoms with van der Waals surface area (Å²) in [4.78, 5) is 17.9. The highest BCUT2D eigenvalue weighted by Crippen LogP contribution is 2.32. The van der Waals surface area contributed by atoms with Crippen molar-refractivity contribution in [3.8, 4) is 11.3 Å². The van der Waals surface area contributed by atoms with Gasteiger partial charge < -0.3 is 10.2 Å². The molecule has 2 heterocycles. The maximum atomic E-state index is 12.2. The van der Waals surface area contributed by atoms with Crippen molar-refractivity contribution in [1.29, 1.82) is 0 Å². The Kier molecular flexibility index (Phi) is 2.98. The highest BCUT2D eigenvalue weighted by molar-refractivity contribution is 5.91. The number of amides is 1. The summed E-state index contributed by atoms with van der Waals surface area (Å²) in [6, 6.07) is 9.62. The van der Waals surface area contributed by atoms with E-state index in [1.165, 1.54) is 9.58 Å². The fraction of sp³-hybridized carbons (Fsp3) is 0.214. The number of aromatic nitrogens is 2. The fourth-order valence-corrected chi connectivity index (χ4v) is 2.14. The largest absolute Gasteiger partial charge is 0.344 e. The zero-order valence-electron chi connectivity index (χ0n) is 11.4. The summed E-state index contributed by atoms with van der Waals surface area (Å²) in [5.74, 6) is 0. The zero-order valence-corrected chi connectivity index (χ0v) is 11.4. The number of nitrogens with zero attached hydrogens (tertiary/aromatic N) is 4. The molecule has 2 aromatic rings. The van der Waals surface area contributed by atoms with E-state index in [0.717, 1.165) is 22.6 Å². The molecule has 1 aliphatic rings. The van der Waals surface area contributed by atoms with Crippen LogP contribution < -0.4 is 5.32 Å². The second-order valence-corrected chi connectivity index (χ2v) is 4.74. The van der Waals surface area contributed by atoms with Crippen molar-refractivity contribution in [3.63, 3.8) is 0 Å². The molecule has 1 aromatic heterocycles. The molecule has 1 aliphatic heterocycles. The Labute approximate surface area is 116 Å². The van der Waals surface area contributed by atoms with Gasteiger partial charge in [0.1, 0.15) is 5.69 Å². The van der Waals surface area contributed by atoms with Gasteiger partial charge in [0.15, 0.2) is 0 Å². The normalized spacial score (nSPS) is 12.7. The minimum atomic E-state index is -0.178. The Morgan fingerprint density at radius 1 is 1.30 bits per heavy atom. The van der Waals surface area contributed by atoms with E-state index in [-0.39, 0.29) is 6.03 Å². The third-order valence-corrected chi connectivity index (χ3v) is 3.13. The molecule has 0 radical (unpaired) electrons. The van der Waals surface area contributed by atoms with E-state index in [1.54, 1.807) is 20.4 Å². The number of carbonyl (C=O) groups is 1. The molecular weight excluding hydrogens is 254 g/mol. The third kappa shape index (κ3) is 1.95. The lowest BCUT2D eigenvalue weighted by Gasteiger charge is -2.13. The van der Waals surface area contributed by atoms with E-state index >= 15 is 0 Å². The van der Waals surface area contributed by atoms with Crippen molar-refractivity contribution < 1.29 is 4.79 Å². The van der Waals surface area contributed by atoms with Crippen LogP contribution in [-0.2, 0) is 6.54 Å². The van der Waals surface area contributed by atoms with Crippen molar-refractivity contribution in [2.45, 2.75) is 6.54 Å². The summed E-state index contributed by atoms with van der Waals surface area (Å²) >= 11 is 0. The first-order valence-corrected chi connectivity index (χ1v) is 6.32.